The predicted molar refractivity (Wildman–Crippen MR) is 77.1 cm³/mol. The molecule has 4 nitrogen and oxygen atoms in total. The van der Waals surface area contributed by atoms with Crippen molar-refractivity contribution in [1.29, 1.82) is 0 Å². The molecule has 1 unspecified atom stereocenters. The monoisotopic (exact) mass is 258 g/mol. The molecule has 0 fully saturated rings. The van der Waals surface area contributed by atoms with Gasteiger partial charge < -0.3 is 5.32 Å². The third-order valence-corrected chi connectivity index (χ3v) is 2.98. The third-order valence-electron chi connectivity index (χ3n) is 2.98. The van der Waals surface area contributed by atoms with Gasteiger partial charge in [-0.2, -0.15) is 15.0 Å². The van der Waals surface area contributed by atoms with E-state index in [2.05, 4.69) is 36.3 Å². The van der Waals surface area contributed by atoms with Crippen LogP contribution >= 0.6 is 0 Å². The van der Waals surface area contributed by atoms with E-state index in [9.17, 15) is 0 Å². The number of rotatable bonds is 6. The van der Waals surface area contributed by atoms with Gasteiger partial charge in [-0.1, -0.05) is 32.0 Å². The lowest BCUT2D eigenvalue weighted by Gasteiger charge is -2.14. The zero-order valence-electron chi connectivity index (χ0n) is 11.9. The fourth-order valence-electron chi connectivity index (χ4n) is 2.13. The molecular weight excluding hydrogens is 236 g/mol. The molecule has 1 atom stereocenters. The van der Waals surface area contributed by atoms with Gasteiger partial charge in [-0.25, -0.2) is 0 Å². The maximum Gasteiger partial charge on any atom is 0.0969 e. The molecule has 2 aromatic rings. The van der Waals surface area contributed by atoms with E-state index < -0.39 is 0 Å². The molecule has 0 spiro atoms. The standard InChI is InChI=1S/C15H22N4/c1-12(2)9-13(3)16-10-14-11-17-19(18-14)15-7-5-4-6-8-15/h4-8,11-13,16H,9-10H2,1-3H3. The Morgan fingerprint density at radius 3 is 2.58 bits per heavy atom. The second kappa shape index (κ2) is 6.48. The summed E-state index contributed by atoms with van der Waals surface area (Å²) in [6.45, 7) is 7.45. The number of para-hydroxylation sites is 1. The molecule has 2 rings (SSSR count). The van der Waals surface area contributed by atoms with E-state index in [1.54, 1.807) is 4.80 Å². The van der Waals surface area contributed by atoms with Crippen molar-refractivity contribution in [2.75, 3.05) is 0 Å². The van der Waals surface area contributed by atoms with Crippen LogP contribution in [0, 0.1) is 5.92 Å². The normalized spacial score (nSPS) is 12.8. The van der Waals surface area contributed by atoms with Crippen molar-refractivity contribution in [3.8, 4) is 5.69 Å². The van der Waals surface area contributed by atoms with Crippen LogP contribution in [0.4, 0.5) is 0 Å². The van der Waals surface area contributed by atoms with Crippen LogP contribution in [0.25, 0.3) is 5.69 Å². The van der Waals surface area contributed by atoms with E-state index in [-0.39, 0.29) is 0 Å². The molecule has 1 aromatic carbocycles. The minimum Gasteiger partial charge on any atom is -0.309 e. The van der Waals surface area contributed by atoms with Gasteiger partial charge in [-0.15, -0.1) is 0 Å². The van der Waals surface area contributed by atoms with Crippen molar-refractivity contribution in [3.05, 3.63) is 42.2 Å². The Morgan fingerprint density at radius 1 is 1.16 bits per heavy atom. The molecule has 1 N–H and O–H groups in total. The van der Waals surface area contributed by atoms with Crippen LogP contribution in [0.15, 0.2) is 36.5 Å². The number of nitrogens with one attached hydrogen (secondary N) is 1. The molecular formula is C15H22N4. The first-order valence-electron chi connectivity index (χ1n) is 6.85. The van der Waals surface area contributed by atoms with Gasteiger partial charge in [0.05, 0.1) is 17.6 Å². The summed E-state index contributed by atoms with van der Waals surface area (Å²) < 4.78 is 0. The summed E-state index contributed by atoms with van der Waals surface area (Å²) in [6, 6.07) is 10.5. The second-order valence-corrected chi connectivity index (χ2v) is 5.37. The zero-order chi connectivity index (χ0) is 13.7. The summed E-state index contributed by atoms with van der Waals surface area (Å²) in [5, 5.41) is 12.2. The highest BCUT2D eigenvalue weighted by Gasteiger charge is 2.06. The highest BCUT2D eigenvalue weighted by atomic mass is 15.5. The Morgan fingerprint density at radius 2 is 1.89 bits per heavy atom. The van der Waals surface area contributed by atoms with E-state index in [4.69, 9.17) is 0 Å². The van der Waals surface area contributed by atoms with Crippen molar-refractivity contribution in [1.82, 2.24) is 20.3 Å². The lowest BCUT2D eigenvalue weighted by Crippen LogP contribution is -2.27. The van der Waals surface area contributed by atoms with Crippen LogP contribution < -0.4 is 5.32 Å². The highest BCUT2D eigenvalue weighted by molar-refractivity contribution is 5.28. The lowest BCUT2D eigenvalue weighted by atomic mass is 10.1. The average molecular weight is 258 g/mol. The third kappa shape index (κ3) is 4.17. The van der Waals surface area contributed by atoms with Crippen LogP contribution in [-0.2, 0) is 6.54 Å². The van der Waals surface area contributed by atoms with Gasteiger partial charge in [-0.3, -0.25) is 0 Å². The maximum atomic E-state index is 4.47. The van der Waals surface area contributed by atoms with Crippen LogP contribution in [-0.4, -0.2) is 21.0 Å². The van der Waals surface area contributed by atoms with E-state index >= 15 is 0 Å². The van der Waals surface area contributed by atoms with Crippen molar-refractivity contribution in [2.45, 2.75) is 39.8 Å². The molecule has 1 aromatic heterocycles. The summed E-state index contributed by atoms with van der Waals surface area (Å²) in [7, 11) is 0. The van der Waals surface area contributed by atoms with Crippen LogP contribution in [0.3, 0.4) is 0 Å². The van der Waals surface area contributed by atoms with Gasteiger partial charge in [-0.05, 0) is 31.4 Å². The summed E-state index contributed by atoms with van der Waals surface area (Å²) in [5.41, 5.74) is 1.96. The molecule has 102 valence electrons. The lowest BCUT2D eigenvalue weighted by molar-refractivity contribution is 0.439. The van der Waals surface area contributed by atoms with E-state index in [1.165, 1.54) is 6.42 Å². The van der Waals surface area contributed by atoms with Crippen LogP contribution in [0.1, 0.15) is 32.9 Å². The summed E-state index contributed by atoms with van der Waals surface area (Å²) in [4.78, 5) is 1.67. The van der Waals surface area contributed by atoms with Gasteiger partial charge in [0.1, 0.15) is 0 Å². The first kappa shape index (κ1) is 13.7. The number of hydrogen-bond donors (Lipinski definition) is 1. The molecule has 19 heavy (non-hydrogen) atoms. The van der Waals surface area contributed by atoms with E-state index in [0.717, 1.165) is 17.9 Å². The number of benzene rings is 1. The van der Waals surface area contributed by atoms with Crippen molar-refractivity contribution in [2.24, 2.45) is 5.92 Å². The minimum atomic E-state index is 0.502. The van der Waals surface area contributed by atoms with Crippen LogP contribution in [0.2, 0.25) is 0 Å². The van der Waals surface area contributed by atoms with Gasteiger partial charge >= 0.3 is 0 Å². The first-order valence-corrected chi connectivity index (χ1v) is 6.85. The van der Waals surface area contributed by atoms with Crippen molar-refractivity contribution in [3.63, 3.8) is 0 Å². The molecule has 0 saturated heterocycles. The number of nitrogens with zero attached hydrogens (tertiary/aromatic N) is 3. The Kier molecular flexibility index (Phi) is 4.68. The molecule has 0 aliphatic carbocycles. The fourth-order valence-corrected chi connectivity index (χ4v) is 2.13. The molecule has 0 amide bonds. The van der Waals surface area contributed by atoms with Gasteiger partial charge in [0.15, 0.2) is 0 Å². The zero-order valence-corrected chi connectivity index (χ0v) is 11.9. The molecule has 0 saturated carbocycles. The molecule has 0 aliphatic heterocycles. The molecule has 0 radical (unpaired) electrons. The molecule has 1 heterocycles. The van der Waals surface area contributed by atoms with Gasteiger partial charge in [0.2, 0.25) is 0 Å². The Hall–Kier alpha value is -1.68. The topological polar surface area (TPSA) is 42.7 Å². The van der Waals surface area contributed by atoms with Crippen molar-refractivity contribution >= 4 is 0 Å². The molecule has 4 heteroatoms. The van der Waals surface area contributed by atoms with Gasteiger partial charge in [0.25, 0.3) is 0 Å². The Bertz CT molecular complexity index is 490. The minimum absolute atomic E-state index is 0.502. The predicted octanol–water partition coefficient (Wildman–Crippen LogP) is 2.79. The maximum absolute atomic E-state index is 4.47. The van der Waals surface area contributed by atoms with Crippen LogP contribution in [0.5, 0.6) is 0 Å². The SMILES string of the molecule is CC(C)CC(C)NCc1cnn(-c2ccccc2)n1. The fraction of sp³-hybridized carbons (Fsp3) is 0.467. The first-order chi connectivity index (χ1) is 9.15. The summed E-state index contributed by atoms with van der Waals surface area (Å²) in [5.74, 6) is 0.711. The van der Waals surface area contributed by atoms with Gasteiger partial charge in [0, 0.05) is 12.6 Å². The summed E-state index contributed by atoms with van der Waals surface area (Å²) in [6.07, 6.45) is 2.99. The van der Waals surface area contributed by atoms with E-state index in [0.29, 0.717) is 12.0 Å². The molecule has 0 aliphatic rings. The average Bonchev–Trinajstić information content (AvgIpc) is 2.85. The largest absolute Gasteiger partial charge is 0.309 e. The smallest absolute Gasteiger partial charge is 0.0969 e. The quantitative estimate of drug-likeness (QED) is 0.866. The van der Waals surface area contributed by atoms with E-state index in [1.807, 2.05) is 36.5 Å². The highest BCUT2D eigenvalue weighted by Crippen LogP contribution is 2.06. The Balaban J connectivity index is 1.91. The second-order valence-electron chi connectivity index (χ2n) is 5.37. The van der Waals surface area contributed by atoms with Crippen molar-refractivity contribution < 1.29 is 0 Å². The molecule has 0 bridgehead atoms. The Labute approximate surface area is 114 Å². The summed E-state index contributed by atoms with van der Waals surface area (Å²) >= 11 is 0. The number of hydrogen-bond acceptors (Lipinski definition) is 3. The number of aromatic nitrogens is 3.